The maximum absolute atomic E-state index is 11.9. The fourth-order valence-electron chi connectivity index (χ4n) is 1.84. The lowest BCUT2D eigenvalue weighted by atomic mass is 10.1. The van der Waals surface area contributed by atoms with Gasteiger partial charge in [-0.05, 0) is 50.5 Å². The van der Waals surface area contributed by atoms with Gasteiger partial charge in [-0.15, -0.1) is 0 Å². The van der Waals surface area contributed by atoms with E-state index in [-0.39, 0.29) is 17.6 Å². The Balaban J connectivity index is 2.56. The second kappa shape index (κ2) is 8.88. The van der Waals surface area contributed by atoms with E-state index in [9.17, 15) is 14.4 Å². The summed E-state index contributed by atoms with van der Waals surface area (Å²) < 4.78 is 0. The molecule has 1 rings (SSSR count). The topological polar surface area (TPSA) is 75.3 Å². The predicted molar refractivity (Wildman–Crippen MR) is 91.3 cm³/mol. The molecule has 0 bridgehead atoms. The summed E-state index contributed by atoms with van der Waals surface area (Å²) in [5, 5.41) is 5.44. The van der Waals surface area contributed by atoms with Crippen LogP contribution in [0.3, 0.4) is 0 Å². The Labute approximate surface area is 137 Å². The van der Waals surface area contributed by atoms with E-state index in [2.05, 4.69) is 24.5 Å². The number of carbonyl (C=O) groups is 3. The van der Waals surface area contributed by atoms with Crippen LogP contribution >= 0.6 is 0 Å². The first-order chi connectivity index (χ1) is 10.8. The van der Waals surface area contributed by atoms with Gasteiger partial charge in [-0.25, -0.2) is 0 Å². The average Bonchev–Trinajstić information content (AvgIpc) is 2.47. The number of hydrogen-bond acceptors (Lipinski definition) is 3. The minimum Gasteiger partial charge on any atom is -0.352 e. The largest absolute Gasteiger partial charge is 0.352 e. The van der Waals surface area contributed by atoms with Gasteiger partial charge in [-0.1, -0.05) is 13.8 Å². The van der Waals surface area contributed by atoms with E-state index in [0.717, 1.165) is 6.42 Å². The highest BCUT2D eigenvalue weighted by molar-refractivity contribution is 6.06. The van der Waals surface area contributed by atoms with Crippen LogP contribution in [-0.2, 0) is 9.59 Å². The molecule has 1 aromatic rings. The van der Waals surface area contributed by atoms with E-state index < -0.39 is 0 Å². The van der Waals surface area contributed by atoms with Crippen molar-refractivity contribution in [3.63, 3.8) is 0 Å². The molecule has 0 atom stereocenters. The summed E-state index contributed by atoms with van der Waals surface area (Å²) in [7, 11) is 0. The number of carbonyl (C=O) groups excluding carboxylic acids is 3. The Morgan fingerprint density at radius 1 is 1.09 bits per heavy atom. The molecule has 2 amide bonds. The number of hydrogen-bond donors (Lipinski definition) is 2. The van der Waals surface area contributed by atoms with Crippen LogP contribution in [0.2, 0.25) is 0 Å². The van der Waals surface area contributed by atoms with Crippen molar-refractivity contribution in [1.82, 2.24) is 5.32 Å². The molecule has 5 heteroatoms. The molecule has 0 unspecified atom stereocenters. The van der Waals surface area contributed by atoms with E-state index in [1.807, 2.05) is 0 Å². The van der Waals surface area contributed by atoms with E-state index in [0.29, 0.717) is 29.3 Å². The van der Waals surface area contributed by atoms with E-state index in [1.165, 1.54) is 13.0 Å². The Kier molecular flexibility index (Phi) is 7.19. The molecule has 0 fully saturated rings. The second-order valence-corrected chi connectivity index (χ2v) is 5.89. The molecule has 0 radical (unpaired) electrons. The van der Waals surface area contributed by atoms with Gasteiger partial charge in [0.2, 0.25) is 11.8 Å². The van der Waals surface area contributed by atoms with Crippen LogP contribution in [0.5, 0.6) is 0 Å². The second-order valence-electron chi connectivity index (χ2n) is 5.89. The molecule has 0 saturated heterocycles. The van der Waals surface area contributed by atoms with Gasteiger partial charge >= 0.3 is 0 Å². The van der Waals surface area contributed by atoms with Gasteiger partial charge < -0.3 is 10.6 Å². The molecule has 0 spiro atoms. The number of amides is 2. The third-order valence-corrected chi connectivity index (χ3v) is 3.27. The summed E-state index contributed by atoms with van der Waals surface area (Å²) in [5.74, 6) is -0.137. The highest BCUT2D eigenvalue weighted by Gasteiger charge is 2.07. The molecule has 2 N–H and O–H groups in total. The minimum absolute atomic E-state index is 0.0308. The first kappa shape index (κ1) is 18.6. The zero-order valence-corrected chi connectivity index (χ0v) is 14.1. The van der Waals surface area contributed by atoms with Crippen LogP contribution in [0.4, 0.5) is 5.69 Å². The number of rotatable bonds is 7. The molecular formula is C18H24N2O3. The van der Waals surface area contributed by atoms with Gasteiger partial charge in [0.1, 0.15) is 0 Å². The van der Waals surface area contributed by atoms with Gasteiger partial charge in [0, 0.05) is 29.4 Å². The van der Waals surface area contributed by atoms with Crippen molar-refractivity contribution in [2.45, 2.75) is 34.1 Å². The van der Waals surface area contributed by atoms with Crippen molar-refractivity contribution in [1.29, 1.82) is 0 Å². The molecule has 0 saturated carbocycles. The fourth-order valence-corrected chi connectivity index (χ4v) is 1.84. The third kappa shape index (κ3) is 6.91. The molecule has 0 aliphatic carbocycles. The van der Waals surface area contributed by atoms with Gasteiger partial charge in [0.05, 0.1) is 0 Å². The Morgan fingerprint density at radius 3 is 2.22 bits per heavy atom. The summed E-state index contributed by atoms with van der Waals surface area (Å²) >= 11 is 0. The SMILES string of the molecule is CC(=O)c1ccc(NC(=O)/C=C(/C)C(=O)NCCC(C)C)cc1. The number of ketones is 1. The Bertz CT molecular complexity index is 601. The Morgan fingerprint density at radius 2 is 1.70 bits per heavy atom. The first-order valence-corrected chi connectivity index (χ1v) is 7.68. The quantitative estimate of drug-likeness (QED) is 0.600. The van der Waals surface area contributed by atoms with E-state index in [4.69, 9.17) is 0 Å². The summed E-state index contributed by atoms with van der Waals surface area (Å²) in [5.41, 5.74) is 1.51. The predicted octanol–water partition coefficient (Wildman–Crippen LogP) is 2.94. The van der Waals surface area contributed by atoms with E-state index >= 15 is 0 Å². The maximum Gasteiger partial charge on any atom is 0.248 e. The molecule has 124 valence electrons. The van der Waals surface area contributed by atoms with E-state index in [1.54, 1.807) is 31.2 Å². The van der Waals surface area contributed by atoms with Crippen molar-refractivity contribution in [2.24, 2.45) is 5.92 Å². The zero-order chi connectivity index (χ0) is 17.4. The summed E-state index contributed by atoms with van der Waals surface area (Å²) in [6.07, 6.45) is 2.16. The lowest BCUT2D eigenvalue weighted by Gasteiger charge is -2.08. The summed E-state index contributed by atoms with van der Waals surface area (Å²) in [6.45, 7) is 7.84. The normalized spacial score (nSPS) is 11.3. The summed E-state index contributed by atoms with van der Waals surface area (Å²) in [4.78, 5) is 34.9. The molecular weight excluding hydrogens is 292 g/mol. The smallest absolute Gasteiger partial charge is 0.248 e. The van der Waals surface area contributed by atoms with Gasteiger partial charge in [0.25, 0.3) is 0 Å². The molecule has 0 heterocycles. The highest BCUT2D eigenvalue weighted by atomic mass is 16.2. The number of anilines is 1. The monoisotopic (exact) mass is 316 g/mol. The highest BCUT2D eigenvalue weighted by Crippen LogP contribution is 2.10. The van der Waals surface area contributed by atoms with Crippen molar-refractivity contribution in [3.8, 4) is 0 Å². The Hall–Kier alpha value is -2.43. The zero-order valence-electron chi connectivity index (χ0n) is 14.1. The molecule has 1 aromatic carbocycles. The minimum atomic E-state index is -0.378. The van der Waals surface area contributed by atoms with Crippen LogP contribution in [0.15, 0.2) is 35.9 Å². The summed E-state index contributed by atoms with van der Waals surface area (Å²) in [6, 6.07) is 6.60. The standard InChI is InChI=1S/C18H24N2O3/c1-12(2)9-10-19-18(23)13(3)11-17(22)20-16-7-5-15(6-8-16)14(4)21/h5-8,11-12H,9-10H2,1-4H3,(H,19,23)(H,20,22)/b13-11-. The molecule has 23 heavy (non-hydrogen) atoms. The number of benzene rings is 1. The van der Waals surface area contributed by atoms with Crippen molar-refractivity contribution >= 4 is 23.3 Å². The van der Waals surface area contributed by atoms with Gasteiger partial charge in [-0.2, -0.15) is 0 Å². The first-order valence-electron chi connectivity index (χ1n) is 7.68. The maximum atomic E-state index is 11.9. The molecule has 0 aromatic heterocycles. The third-order valence-electron chi connectivity index (χ3n) is 3.27. The number of nitrogens with one attached hydrogen (secondary N) is 2. The average molecular weight is 316 g/mol. The van der Waals surface area contributed by atoms with Crippen molar-refractivity contribution in [3.05, 3.63) is 41.5 Å². The lowest BCUT2D eigenvalue weighted by molar-refractivity contribution is -0.118. The lowest BCUT2D eigenvalue weighted by Crippen LogP contribution is -2.26. The molecule has 5 nitrogen and oxygen atoms in total. The number of Topliss-reactive ketones (excluding diaryl/α,β-unsaturated/α-hetero) is 1. The van der Waals surface area contributed by atoms with Crippen molar-refractivity contribution < 1.29 is 14.4 Å². The van der Waals surface area contributed by atoms with Crippen LogP contribution in [0, 0.1) is 5.92 Å². The molecule has 0 aliphatic rings. The van der Waals surface area contributed by atoms with Gasteiger partial charge in [-0.3, -0.25) is 14.4 Å². The van der Waals surface area contributed by atoms with Crippen LogP contribution < -0.4 is 10.6 Å². The van der Waals surface area contributed by atoms with Crippen LogP contribution in [0.1, 0.15) is 44.5 Å². The molecule has 0 aliphatic heterocycles. The fraction of sp³-hybridized carbons (Fsp3) is 0.389. The van der Waals surface area contributed by atoms with Gasteiger partial charge in [0.15, 0.2) is 5.78 Å². The van der Waals surface area contributed by atoms with Crippen LogP contribution in [0.25, 0.3) is 0 Å². The van der Waals surface area contributed by atoms with Crippen LogP contribution in [-0.4, -0.2) is 24.1 Å². The van der Waals surface area contributed by atoms with Crippen molar-refractivity contribution in [2.75, 3.05) is 11.9 Å².